The Hall–Kier alpha value is -2.21. The molecule has 1 heterocycles. The van der Waals surface area contributed by atoms with Crippen molar-refractivity contribution in [2.24, 2.45) is 0 Å². The highest BCUT2D eigenvalue weighted by atomic mass is 35.5. The van der Waals surface area contributed by atoms with E-state index < -0.39 is 11.9 Å². The molecule has 8 heteroatoms. The lowest BCUT2D eigenvalue weighted by molar-refractivity contribution is -0.113. The van der Waals surface area contributed by atoms with Crippen LogP contribution in [0.5, 0.6) is 5.75 Å². The van der Waals surface area contributed by atoms with E-state index in [-0.39, 0.29) is 21.5 Å². The lowest BCUT2D eigenvalue weighted by atomic mass is 10.1. The Bertz CT molecular complexity index is 873. The van der Waals surface area contributed by atoms with Crippen molar-refractivity contribution in [3.8, 4) is 5.75 Å². The van der Waals surface area contributed by atoms with Crippen molar-refractivity contribution in [1.29, 1.82) is 0 Å². The molecule has 0 atom stereocenters. The number of nitrogens with one attached hydrogen (secondary N) is 1. The third-order valence-electron chi connectivity index (χ3n) is 3.29. The molecule has 2 aromatic rings. The van der Waals surface area contributed by atoms with Crippen molar-refractivity contribution in [2.75, 3.05) is 4.90 Å². The van der Waals surface area contributed by atoms with E-state index in [0.29, 0.717) is 16.3 Å². The summed E-state index contributed by atoms with van der Waals surface area (Å²) < 4.78 is 0. The van der Waals surface area contributed by atoms with Crippen LogP contribution in [-0.4, -0.2) is 17.0 Å². The van der Waals surface area contributed by atoms with Crippen molar-refractivity contribution in [3.05, 3.63) is 62.7 Å². The number of hydrogen-bond donors (Lipinski definition) is 2. The zero-order valence-corrected chi connectivity index (χ0v) is 14.2. The maximum absolute atomic E-state index is 12.5. The van der Waals surface area contributed by atoms with Gasteiger partial charge >= 0.3 is 6.03 Å². The number of hydrogen-bond acceptors (Lipinski definition) is 3. The van der Waals surface area contributed by atoms with Crippen LogP contribution in [0.1, 0.15) is 5.56 Å². The molecular formula is C16H9Cl3N2O3. The van der Waals surface area contributed by atoms with Crippen molar-refractivity contribution in [2.45, 2.75) is 0 Å². The second-order valence-corrected chi connectivity index (χ2v) is 6.19. The van der Waals surface area contributed by atoms with Gasteiger partial charge in [-0.1, -0.05) is 40.9 Å². The number of carbonyl (C=O) groups is 2. The summed E-state index contributed by atoms with van der Waals surface area (Å²) in [6, 6.07) is 8.65. The molecule has 2 aromatic carbocycles. The Morgan fingerprint density at radius 2 is 1.71 bits per heavy atom. The number of amides is 3. The van der Waals surface area contributed by atoms with Gasteiger partial charge in [0.1, 0.15) is 5.70 Å². The molecule has 1 saturated heterocycles. The fraction of sp³-hybridized carbons (Fsp3) is 0. The van der Waals surface area contributed by atoms with Gasteiger partial charge in [-0.2, -0.15) is 0 Å². The van der Waals surface area contributed by atoms with Crippen molar-refractivity contribution < 1.29 is 14.7 Å². The second kappa shape index (κ2) is 6.36. The lowest BCUT2D eigenvalue weighted by Gasteiger charge is -2.11. The van der Waals surface area contributed by atoms with Crippen LogP contribution in [0.3, 0.4) is 0 Å². The fourth-order valence-electron chi connectivity index (χ4n) is 2.22. The Balaban J connectivity index is 1.97. The molecule has 1 aliphatic heterocycles. The van der Waals surface area contributed by atoms with Gasteiger partial charge in [-0.3, -0.25) is 4.79 Å². The first-order valence-electron chi connectivity index (χ1n) is 6.67. The van der Waals surface area contributed by atoms with E-state index in [9.17, 15) is 14.7 Å². The van der Waals surface area contributed by atoms with Gasteiger partial charge in [0.2, 0.25) is 0 Å². The highest BCUT2D eigenvalue weighted by Gasteiger charge is 2.34. The molecule has 0 spiro atoms. The molecule has 0 aliphatic carbocycles. The van der Waals surface area contributed by atoms with Crippen molar-refractivity contribution >= 4 is 58.5 Å². The number of anilines is 1. The second-order valence-electron chi connectivity index (χ2n) is 4.94. The summed E-state index contributed by atoms with van der Waals surface area (Å²) in [6.45, 7) is 0. The number of imide groups is 1. The average Bonchev–Trinajstić information content (AvgIpc) is 2.79. The zero-order chi connectivity index (χ0) is 17.4. The first-order chi connectivity index (χ1) is 11.4. The number of benzene rings is 2. The number of phenolic OH excluding ortho intramolecular Hbond substituents is 1. The van der Waals surface area contributed by atoms with Gasteiger partial charge < -0.3 is 10.4 Å². The average molecular weight is 384 g/mol. The maximum Gasteiger partial charge on any atom is 0.333 e. The largest absolute Gasteiger partial charge is 0.505 e. The smallest absolute Gasteiger partial charge is 0.333 e. The molecule has 0 saturated carbocycles. The van der Waals surface area contributed by atoms with E-state index in [1.165, 1.54) is 24.3 Å². The van der Waals surface area contributed by atoms with Crippen molar-refractivity contribution in [3.63, 3.8) is 0 Å². The molecule has 1 fully saturated rings. The molecule has 3 amide bonds. The lowest BCUT2D eigenvalue weighted by Crippen LogP contribution is -2.30. The summed E-state index contributed by atoms with van der Waals surface area (Å²) in [6.07, 6.45) is 1.42. The third-order valence-corrected chi connectivity index (χ3v) is 4.11. The van der Waals surface area contributed by atoms with Gasteiger partial charge in [-0.25, -0.2) is 9.69 Å². The number of urea groups is 1. The zero-order valence-electron chi connectivity index (χ0n) is 11.9. The van der Waals surface area contributed by atoms with Gasteiger partial charge in [-0.05, 0) is 42.0 Å². The number of phenols is 1. The molecule has 0 unspecified atom stereocenters. The standard InChI is InChI=1S/C16H9Cl3N2O3/c17-9-2-1-3-10(7-9)21-15(23)13(20-16(21)24)6-8-4-11(18)14(22)12(19)5-8/h1-7,22H,(H,20,24)/b13-6-. The Labute approximate surface area is 152 Å². The normalized spacial score (nSPS) is 16.0. The molecule has 0 aromatic heterocycles. The summed E-state index contributed by atoms with van der Waals surface area (Å²) in [7, 11) is 0. The van der Waals surface area contributed by atoms with Gasteiger partial charge in [-0.15, -0.1) is 0 Å². The molecule has 24 heavy (non-hydrogen) atoms. The van der Waals surface area contributed by atoms with E-state index >= 15 is 0 Å². The Morgan fingerprint density at radius 1 is 1.04 bits per heavy atom. The highest BCUT2D eigenvalue weighted by molar-refractivity contribution is 6.37. The van der Waals surface area contributed by atoms with Crippen LogP contribution in [0, 0.1) is 0 Å². The maximum atomic E-state index is 12.5. The van der Waals surface area contributed by atoms with Crippen LogP contribution < -0.4 is 10.2 Å². The topological polar surface area (TPSA) is 69.6 Å². The molecule has 0 radical (unpaired) electrons. The summed E-state index contributed by atoms with van der Waals surface area (Å²) >= 11 is 17.6. The van der Waals surface area contributed by atoms with Gasteiger partial charge in [0.05, 0.1) is 15.7 Å². The summed E-state index contributed by atoms with van der Waals surface area (Å²) in [5.41, 5.74) is 0.868. The van der Waals surface area contributed by atoms with E-state index in [0.717, 1.165) is 4.90 Å². The van der Waals surface area contributed by atoms with Crippen LogP contribution >= 0.6 is 34.8 Å². The number of nitrogens with zero attached hydrogens (tertiary/aromatic N) is 1. The van der Waals surface area contributed by atoms with Gasteiger partial charge in [0.15, 0.2) is 5.75 Å². The van der Waals surface area contributed by atoms with E-state index in [1.54, 1.807) is 18.2 Å². The number of rotatable bonds is 2. The number of halogens is 3. The minimum atomic E-state index is -0.593. The highest BCUT2D eigenvalue weighted by Crippen LogP contribution is 2.33. The predicted octanol–water partition coefficient (Wildman–Crippen LogP) is 4.45. The summed E-state index contributed by atoms with van der Waals surface area (Å²) in [4.78, 5) is 25.6. The molecule has 1 aliphatic rings. The molecule has 5 nitrogen and oxygen atoms in total. The summed E-state index contributed by atoms with van der Waals surface area (Å²) in [5, 5.41) is 12.5. The van der Waals surface area contributed by atoms with Crippen LogP contribution in [-0.2, 0) is 4.79 Å². The SMILES string of the molecule is O=C1N/C(=C\c2cc(Cl)c(O)c(Cl)c2)C(=O)N1c1cccc(Cl)c1. The fourth-order valence-corrected chi connectivity index (χ4v) is 2.91. The van der Waals surface area contributed by atoms with Crippen molar-refractivity contribution in [1.82, 2.24) is 5.32 Å². The van der Waals surface area contributed by atoms with Crippen LogP contribution in [0.15, 0.2) is 42.1 Å². The Kier molecular flexibility index (Phi) is 4.41. The minimum Gasteiger partial charge on any atom is -0.505 e. The minimum absolute atomic E-state index is 0.0396. The van der Waals surface area contributed by atoms with E-state index in [2.05, 4.69) is 5.32 Å². The van der Waals surface area contributed by atoms with Gasteiger partial charge in [0, 0.05) is 5.02 Å². The molecule has 122 valence electrons. The molecular weight excluding hydrogens is 375 g/mol. The van der Waals surface area contributed by atoms with Crippen LogP contribution in [0.4, 0.5) is 10.5 Å². The molecule has 2 N–H and O–H groups in total. The summed E-state index contributed by atoms with van der Waals surface area (Å²) in [5.74, 6) is -0.787. The van der Waals surface area contributed by atoms with Gasteiger partial charge in [0.25, 0.3) is 5.91 Å². The van der Waals surface area contributed by atoms with Crippen LogP contribution in [0.2, 0.25) is 15.1 Å². The molecule has 3 rings (SSSR count). The predicted molar refractivity (Wildman–Crippen MR) is 93.6 cm³/mol. The molecule has 0 bridgehead atoms. The number of carbonyl (C=O) groups excluding carboxylic acids is 2. The van der Waals surface area contributed by atoms with E-state index in [4.69, 9.17) is 34.8 Å². The number of aromatic hydroxyl groups is 1. The van der Waals surface area contributed by atoms with E-state index in [1.807, 2.05) is 0 Å². The monoisotopic (exact) mass is 382 g/mol. The quantitative estimate of drug-likeness (QED) is 0.594. The van der Waals surface area contributed by atoms with Crippen LogP contribution in [0.25, 0.3) is 6.08 Å². The Morgan fingerprint density at radius 3 is 2.33 bits per heavy atom. The third kappa shape index (κ3) is 3.06. The first kappa shape index (κ1) is 16.6. The first-order valence-corrected chi connectivity index (χ1v) is 7.81.